The van der Waals surface area contributed by atoms with Crippen molar-refractivity contribution >= 4 is 11.6 Å². The first-order valence-electron chi connectivity index (χ1n) is 6.01. The molecule has 5 heteroatoms. The average molecular weight is 299 g/mol. The lowest BCUT2D eigenvalue weighted by Gasteiger charge is -2.11. The van der Waals surface area contributed by atoms with Gasteiger partial charge < -0.3 is 9.84 Å². The third kappa shape index (κ3) is 3.46. The molecule has 0 fully saturated rings. The molecule has 0 aliphatic heterocycles. The van der Waals surface area contributed by atoms with Gasteiger partial charge in [0.05, 0.1) is 6.10 Å². The van der Waals surface area contributed by atoms with Crippen LogP contribution in [0.15, 0.2) is 36.4 Å². The number of hydrogen-bond acceptors (Lipinski definition) is 2. The summed E-state index contributed by atoms with van der Waals surface area (Å²) in [5.41, 5.74) is 0.674. The van der Waals surface area contributed by atoms with E-state index in [0.29, 0.717) is 10.6 Å². The fraction of sp³-hybridized carbons (Fsp3) is 0.200. The third-order valence-corrected chi connectivity index (χ3v) is 3.19. The smallest absolute Gasteiger partial charge is 0.132 e. The molecule has 2 aromatic rings. The molecule has 2 rings (SSSR count). The molecular weight excluding hydrogens is 286 g/mol. The van der Waals surface area contributed by atoms with Gasteiger partial charge in [0.25, 0.3) is 0 Å². The number of hydrogen-bond donors (Lipinski definition) is 1. The number of benzene rings is 2. The Balaban J connectivity index is 2.11. The Labute approximate surface area is 120 Å². The highest BCUT2D eigenvalue weighted by Gasteiger charge is 2.10. The van der Waals surface area contributed by atoms with Gasteiger partial charge in [-0.15, -0.1) is 0 Å². The summed E-state index contributed by atoms with van der Waals surface area (Å²) in [6.45, 7) is 1.51. The minimum Gasteiger partial charge on any atom is -0.489 e. The summed E-state index contributed by atoms with van der Waals surface area (Å²) in [7, 11) is 0. The molecule has 0 saturated heterocycles. The topological polar surface area (TPSA) is 29.5 Å². The molecule has 0 aliphatic rings. The number of aliphatic hydroxyl groups is 1. The second-order valence-corrected chi connectivity index (χ2v) is 4.79. The molecule has 0 aromatic heterocycles. The molecule has 20 heavy (non-hydrogen) atoms. The molecule has 0 radical (unpaired) electrons. The zero-order valence-electron chi connectivity index (χ0n) is 10.7. The van der Waals surface area contributed by atoms with Gasteiger partial charge in [0, 0.05) is 22.2 Å². The maximum Gasteiger partial charge on any atom is 0.132 e. The van der Waals surface area contributed by atoms with E-state index in [2.05, 4.69) is 0 Å². The second kappa shape index (κ2) is 6.20. The van der Waals surface area contributed by atoms with Crippen molar-refractivity contribution < 1.29 is 18.6 Å². The van der Waals surface area contributed by atoms with E-state index < -0.39 is 17.7 Å². The van der Waals surface area contributed by atoms with Gasteiger partial charge >= 0.3 is 0 Å². The normalized spacial score (nSPS) is 12.2. The number of aliphatic hydroxyl groups excluding tert-OH is 1. The standard InChI is InChI=1S/C15H13ClF2O2/c1-9(19)13-4-3-12(7-15(13)18)20-8-10-6-11(17)2-5-14(10)16/h2-7,9,19H,8H2,1H3/t9-/m1/s1. The van der Waals surface area contributed by atoms with Crippen molar-refractivity contribution in [2.45, 2.75) is 19.6 Å². The average Bonchev–Trinajstić information content (AvgIpc) is 2.39. The minimum absolute atomic E-state index is 0.0318. The Bertz CT molecular complexity index is 615. The monoisotopic (exact) mass is 298 g/mol. The van der Waals surface area contributed by atoms with Crippen LogP contribution in [0.5, 0.6) is 5.75 Å². The van der Waals surface area contributed by atoms with Gasteiger partial charge in [-0.05, 0) is 37.3 Å². The number of halogens is 3. The van der Waals surface area contributed by atoms with Gasteiger partial charge in [-0.1, -0.05) is 11.6 Å². The van der Waals surface area contributed by atoms with Crippen LogP contribution in [-0.4, -0.2) is 5.11 Å². The predicted octanol–water partition coefficient (Wildman–Crippen LogP) is 4.25. The van der Waals surface area contributed by atoms with E-state index in [1.807, 2.05) is 0 Å². The van der Waals surface area contributed by atoms with Crippen molar-refractivity contribution in [2.24, 2.45) is 0 Å². The quantitative estimate of drug-likeness (QED) is 0.914. The SMILES string of the molecule is C[C@@H](O)c1ccc(OCc2cc(F)ccc2Cl)cc1F. The van der Waals surface area contributed by atoms with Gasteiger partial charge in [-0.3, -0.25) is 0 Å². The summed E-state index contributed by atoms with van der Waals surface area (Å²) < 4.78 is 32.1. The van der Waals surface area contributed by atoms with E-state index in [0.717, 1.165) is 0 Å². The molecule has 0 spiro atoms. The van der Waals surface area contributed by atoms with E-state index in [-0.39, 0.29) is 17.9 Å². The Morgan fingerprint density at radius 1 is 1.20 bits per heavy atom. The molecule has 106 valence electrons. The summed E-state index contributed by atoms with van der Waals surface area (Å²) in [6.07, 6.45) is -0.887. The number of rotatable bonds is 4. The zero-order chi connectivity index (χ0) is 14.7. The van der Waals surface area contributed by atoms with Crippen LogP contribution in [0.4, 0.5) is 8.78 Å². The highest BCUT2D eigenvalue weighted by molar-refractivity contribution is 6.31. The third-order valence-electron chi connectivity index (χ3n) is 2.82. The van der Waals surface area contributed by atoms with Gasteiger partial charge in [-0.2, -0.15) is 0 Å². The van der Waals surface area contributed by atoms with Crippen LogP contribution in [0.2, 0.25) is 5.02 Å². The highest BCUT2D eigenvalue weighted by atomic mass is 35.5. The summed E-state index contributed by atoms with van der Waals surface area (Å²) in [5.74, 6) is -0.682. The first kappa shape index (κ1) is 14.8. The Hall–Kier alpha value is -1.65. The van der Waals surface area contributed by atoms with Crippen molar-refractivity contribution in [3.8, 4) is 5.75 Å². The summed E-state index contributed by atoms with van der Waals surface area (Å²) in [4.78, 5) is 0. The van der Waals surface area contributed by atoms with E-state index in [1.165, 1.54) is 37.3 Å². The van der Waals surface area contributed by atoms with Gasteiger partial charge in [0.2, 0.25) is 0 Å². The molecule has 1 N–H and O–H groups in total. The van der Waals surface area contributed by atoms with Crippen LogP contribution in [-0.2, 0) is 6.61 Å². The van der Waals surface area contributed by atoms with Crippen LogP contribution < -0.4 is 4.74 Å². The first-order chi connectivity index (χ1) is 9.47. The van der Waals surface area contributed by atoms with E-state index in [9.17, 15) is 13.9 Å². The molecule has 1 atom stereocenters. The number of ether oxygens (including phenoxy) is 1. The van der Waals surface area contributed by atoms with Crippen molar-refractivity contribution in [3.63, 3.8) is 0 Å². The lowest BCUT2D eigenvalue weighted by Crippen LogP contribution is -2.00. The van der Waals surface area contributed by atoms with Crippen molar-refractivity contribution in [2.75, 3.05) is 0 Å². The second-order valence-electron chi connectivity index (χ2n) is 4.38. The Kier molecular flexibility index (Phi) is 4.57. The first-order valence-corrected chi connectivity index (χ1v) is 6.39. The van der Waals surface area contributed by atoms with Gasteiger partial charge in [0.15, 0.2) is 0 Å². The molecule has 0 amide bonds. The lowest BCUT2D eigenvalue weighted by molar-refractivity contribution is 0.194. The minimum atomic E-state index is -0.887. The fourth-order valence-electron chi connectivity index (χ4n) is 1.75. The van der Waals surface area contributed by atoms with Crippen LogP contribution in [0, 0.1) is 11.6 Å². The van der Waals surface area contributed by atoms with E-state index >= 15 is 0 Å². The lowest BCUT2D eigenvalue weighted by atomic mass is 10.1. The van der Waals surface area contributed by atoms with E-state index in [1.54, 1.807) is 6.07 Å². The summed E-state index contributed by atoms with van der Waals surface area (Å²) in [5, 5.41) is 9.71. The van der Waals surface area contributed by atoms with Gasteiger partial charge in [-0.25, -0.2) is 8.78 Å². The largest absolute Gasteiger partial charge is 0.489 e. The molecule has 0 aliphatic carbocycles. The van der Waals surface area contributed by atoms with Gasteiger partial charge in [0.1, 0.15) is 24.0 Å². The highest BCUT2D eigenvalue weighted by Crippen LogP contribution is 2.24. The molecule has 2 aromatic carbocycles. The van der Waals surface area contributed by atoms with Crippen LogP contribution in [0.1, 0.15) is 24.2 Å². The maximum absolute atomic E-state index is 13.6. The summed E-state index contributed by atoms with van der Waals surface area (Å²) >= 11 is 5.91. The van der Waals surface area contributed by atoms with Crippen molar-refractivity contribution in [1.29, 1.82) is 0 Å². The molecule has 0 unspecified atom stereocenters. The van der Waals surface area contributed by atoms with Crippen molar-refractivity contribution in [1.82, 2.24) is 0 Å². The predicted molar refractivity (Wildman–Crippen MR) is 72.8 cm³/mol. The molecule has 2 nitrogen and oxygen atoms in total. The maximum atomic E-state index is 13.6. The molecule has 0 bridgehead atoms. The van der Waals surface area contributed by atoms with E-state index in [4.69, 9.17) is 16.3 Å². The zero-order valence-corrected chi connectivity index (χ0v) is 11.5. The van der Waals surface area contributed by atoms with Crippen molar-refractivity contribution in [3.05, 3.63) is 64.2 Å². The summed E-state index contributed by atoms with van der Waals surface area (Å²) in [6, 6.07) is 8.12. The molecule has 0 heterocycles. The van der Waals surface area contributed by atoms with Crippen LogP contribution in [0.3, 0.4) is 0 Å². The fourth-order valence-corrected chi connectivity index (χ4v) is 1.92. The molecular formula is C15H13ClF2O2. The van der Waals surface area contributed by atoms with Crippen LogP contribution in [0.25, 0.3) is 0 Å². The molecule has 0 saturated carbocycles. The Morgan fingerprint density at radius 3 is 2.60 bits per heavy atom. The van der Waals surface area contributed by atoms with Crippen LogP contribution >= 0.6 is 11.6 Å². The Morgan fingerprint density at radius 2 is 1.95 bits per heavy atom.